The maximum absolute atomic E-state index is 13.0. The van der Waals surface area contributed by atoms with Gasteiger partial charge in [0.25, 0.3) is 0 Å². The van der Waals surface area contributed by atoms with Gasteiger partial charge < -0.3 is 10.6 Å². The highest BCUT2D eigenvalue weighted by atomic mass is 19.4. The minimum atomic E-state index is -5.03. The summed E-state index contributed by atoms with van der Waals surface area (Å²) in [5.41, 5.74) is -2.30. The zero-order valence-corrected chi connectivity index (χ0v) is 20.0. The molecule has 0 aliphatic carbocycles. The van der Waals surface area contributed by atoms with Gasteiger partial charge in [0, 0.05) is 17.2 Å². The second-order valence-electron chi connectivity index (χ2n) is 9.03. The number of aromatic nitrogens is 2. The summed E-state index contributed by atoms with van der Waals surface area (Å²) in [5.74, 6) is -1.43. The van der Waals surface area contributed by atoms with E-state index in [1.54, 1.807) is 6.07 Å². The number of hydrogen-bond donors (Lipinski definition) is 3. The monoisotopic (exact) mass is 526 g/mol. The van der Waals surface area contributed by atoms with Crippen molar-refractivity contribution in [3.8, 4) is 0 Å². The first-order valence-corrected chi connectivity index (χ1v) is 11.1. The molecule has 0 fully saturated rings. The van der Waals surface area contributed by atoms with Crippen LogP contribution in [0.25, 0.3) is 0 Å². The first kappa shape index (κ1) is 27.8. The van der Waals surface area contributed by atoms with E-state index in [4.69, 9.17) is 0 Å². The van der Waals surface area contributed by atoms with Crippen LogP contribution in [0.3, 0.4) is 0 Å². The minimum absolute atomic E-state index is 0.0192. The molecule has 0 aliphatic heterocycles. The predicted octanol–water partition coefficient (Wildman–Crippen LogP) is 5.46. The van der Waals surface area contributed by atoms with Crippen molar-refractivity contribution in [1.82, 2.24) is 15.5 Å². The molecule has 1 heterocycles. The molecular weight excluding hydrogens is 502 g/mol. The Kier molecular flexibility index (Phi) is 7.70. The summed E-state index contributed by atoms with van der Waals surface area (Å²) in [7, 11) is 0. The summed E-state index contributed by atoms with van der Waals surface area (Å²) in [6, 6.07) is 11.0. The highest BCUT2D eigenvalue weighted by Gasteiger charge is 2.37. The number of carbonyl (C=O) groups excluding carboxylic acids is 2. The fraction of sp³-hybridized carbons (Fsp3) is 0.320. The molecule has 0 saturated carbocycles. The first-order valence-electron chi connectivity index (χ1n) is 11.1. The third-order valence-corrected chi connectivity index (χ3v) is 5.78. The van der Waals surface area contributed by atoms with Crippen LogP contribution in [0.5, 0.6) is 0 Å². The number of amides is 2. The topological polar surface area (TPSA) is 86.9 Å². The van der Waals surface area contributed by atoms with Gasteiger partial charge in [-0.2, -0.15) is 31.4 Å². The summed E-state index contributed by atoms with van der Waals surface area (Å²) < 4.78 is 78.2. The van der Waals surface area contributed by atoms with Crippen LogP contribution in [-0.4, -0.2) is 28.1 Å². The molecule has 0 aliphatic rings. The van der Waals surface area contributed by atoms with Crippen molar-refractivity contribution < 1.29 is 35.9 Å². The molecule has 6 nitrogen and oxygen atoms in total. The highest BCUT2D eigenvalue weighted by Crippen LogP contribution is 2.36. The number of benzene rings is 2. The summed E-state index contributed by atoms with van der Waals surface area (Å²) in [5, 5.41) is 11.7. The average Bonchev–Trinajstić information content (AvgIpc) is 3.27. The molecule has 3 N–H and O–H groups in total. The van der Waals surface area contributed by atoms with Gasteiger partial charge in [0.2, 0.25) is 11.8 Å². The van der Waals surface area contributed by atoms with Crippen molar-refractivity contribution in [3.05, 3.63) is 82.5 Å². The maximum Gasteiger partial charge on any atom is 0.416 e. The molecule has 3 rings (SSSR count). The average molecular weight is 526 g/mol. The fourth-order valence-electron chi connectivity index (χ4n) is 3.62. The summed E-state index contributed by atoms with van der Waals surface area (Å²) in [6.45, 7) is 5.24. The lowest BCUT2D eigenvalue weighted by Crippen LogP contribution is -2.42. The van der Waals surface area contributed by atoms with Crippen molar-refractivity contribution in [1.29, 1.82) is 0 Å². The number of nitrogens with zero attached hydrogens (tertiary/aromatic N) is 1. The van der Waals surface area contributed by atoms with Crippen LogP contribution >= 0.6 is 0 Å². The molecule has 37 heavy (non-hydrogen) atoms. The molecule has 0 radical (unpaired) electrons. The Morgan fingerprint density at radius 2 is 1.46 bits per heavy atom. The van der Waals surface area contributed by atoms with E-state index in [0.29, 0.717) is 17.8 Å². The summed E-state index contributed by atoms with van der Waals surface area (Å²) in [4.78, 5) is 24.8. The van der Waals surface area contributed by atoms with Gasteiger partial charge in [-0.25, -0.2) is 0 Å². The largest absolute Gasteiger partial charge is 0.416 e. The van der Waals surface area contributed by atoms with Crippen LogP contribution in [-0.2, 0) is 33.8 Å². The van der Waals surface area contributed by atoms with E-state index in [1.165, 1.54) is 6.92 Å². The smallest absolute Gasteiger partial charge is 0.344 e. The van der Waals surface area contributed by atoms with Gasteiger partial charge in [0.1, 0.15) is 6.04 Å². The van der Waals surface area contributed by atoms with Crippen LogP contribution in [0.1, 0.15) is 48.7 Å². The van der Waals surface area contributed by atoms with Gasteiger partial charge in [0.05, 0.1) is 17.5 Å². The molecule has 198 valence electrons. The molecule has 2 aromatic carbocycles. The highest BCUT2D eigenvalue weighted by molar-refractivity contribution is 5.96. The number of halogens is 6. The number of rotatable bonds is 7. The Hall–Kier alpha value is -3.83. The van der Waals surface area contributed by atoms with Crippen molar-refractivity contribution >= 4 is 17.6 Å². The van der Waals surface area contributed by atoms with Crippen LogP contribution in [0.2, 0.25) is 0 Å². The normalized spacial score (nSPS) is 13.2. The maximum atomic E-state index is 13.0. The lowest BCUT2D eigenvalue weighted by Gasteiger charge is -2.23. The lowest BCUT2D eigenvalue weighted by atomic mass is 9.82. The molecule has 3 aromatic rings. The first-order chi connectivity index (χ1) is 17.1. The van der Waals surface area contributed by atoms with E-state index in [1.807, 2.05) is 44.2 Å². The number of nitrogens with one attached hydrogen (secondary N) is 3. The fourth-order valence-corrected chi connectivity index (χ4v) is 3.62. The quantitative estimate of drug-likeness (QED) is 0.358. The SMILES string of the molecule is C[C@H](NC(=O)Cc1cc(C(F)(F)F)cc(C(F)(F)F)c1)C(=O)Nc1cc(C(C)(C)c2ccccc2)[nH]n1. The van der Waals surface area contributed by atoms with E-state index in [-0.39, 0.29) is 11.9 Å². The van der Waals surface area contributed by atoms with Gasteiger partial charge in [0.15, 0.2) is 5.82 Å². The third-order valence-electron chi connectivity index (χ3n) is 5.78. The molecule has 1 aromatic heterocycles. The van der Waals surface area contributed by atoms with E-state index in [0.717, 1.165) is 5.56 Å². The standard InChI is InChI=1S/C25H24F6N4O2/c1-14(22(37)33-20-13-19(34-35-20)23(2,3)16-7-5-4-6-8-16)32-21(36)11-15-9-17(24(26,27)28)12-18(10-15)25(29,30)31/h4-10,12-14H,11H2,1-3H3,(H,32,36)(H2,33,34,35,37)/t14-/m0/s1. The molecule has 0 bridgehead atoms. The van der Waals surface area contributed by atoms with Gasteiger partial charge in [-0.05, 0) is 36.2 Å². The van der Waals surface area contributed by atoms with Crippen LogP contribution < -0.4 is 10.6 Å². The Morgan fingerprint density at radius 3 is 2.00 bits per heavy atom. The van der Waals surface area contributed by atoms with Gasteiger partial charge >= 0.3 is 12.4 Å². The number of alkyl halides is 6. The van der Waals surface area contributed by atoms with Crippen LogP contribution in [0.15, 0.2) is 54.6 Å². The lowest BCUT2D eigenvalue weighted by molar-refractivity contribution is -0.143. The number of aromatic amines is 1. The Bertz CT molecular complexity index is 1230. The number of H-pyrrole nitrogens is 1. The Morgan fingerprint density at radius 1 is 0.892 bits per heavy atom. The Balaban J connectivity index is 1.66. The van der Waals surface area contributed by atoms with Gasteiger partial charge in [-0.1, -0.05) is 44.2 Å². The number of hydrogen-bond acceptors (Lipinski definition) is 3. The Labute approximate surface area is 208 Å². The number of anilines is 1. The van der Waals surface area contributed by atoms with Crippen molar-refractivity contribution in [3.63, 3.8) is 0 Å². The molecule has 12 heteroatoms. The molecule has 0 spiro atoms. The van der Waals surface area contributed by atoms with E-state index in [9.17, 15) is 35.9 Å². The molecule has 0 saturated heterocycles. The minimum Gasteiger partial charge on any atom is -0.344 e. The van der Waals surface area contributed by atoms with Crippen LogP contribution in [0, 0.1) is 0 Å². The second kappa shape index (κ2) is 10.3. The zero-order valence-electron chi connectivity index (χ0n) is 20.0. The molecular formula is C25H24F6N4O2. The summed E-state index contributed by atoms with van der Waals surface area (Å²) in [6.07, 6.45) is -10.9. The third kappa shape index (κ3) is 6.89. The predicted molar refractivity (Wildman–Crippen MR) is 124 cm³/mol. The van der Waals surface area contributed by atoms with Crippen molar-refractivity contribution in [2.75, 3.05) is 5.32 Å². The molecule has 2 amide bonds. The van der Waals surface area contributed by atoms with Crippen molar-refractivity contribution in [2.45, 2.75) is 51.0 Å². The second-order valence-corrected chi connectivity index (χ2v) is 9.03. The van der Waals surface area contributed by atoms with E-state index in [2.05, 4.69) is 20.8 Å². The van der Waals surface area contributed by atoms with E-state index < -0.39 is 58.7 Å². The van der Waals surface area contributed by atoms with Crippen LogP contribution in [0.4, 0.5) is 32.2 Å². The summed E-state index contributed by atoms with van der Waals surface area (Å²) >= 11 is 0. The molecule has 1 atom stereocenters. The van der Waals surface area contributed by atoms with Crippen molar-refractivity contribution in [2.24, 2.45) is 0 Å². The van der Waals surface area contributed by atoms with Gasteiger partial charge in [-0.3, -0.25) is 14.7 Å². The van der Waals surface area contributed by atoms with E-state index >= 15 is 0 Å². The van der Waals surface area contributed by atoms with Gasteiger partial charge in [-0.15, -0.1) is 0 Å². The number of carbonyl (C=O) groups is 2. The molecule has 0 unspecified atom stereocenters. The zero-order chi connectivity index (χ0) is 27.6.